The highest BCUT2D eigenvalue weighted by atomic mass is 16.1. The zero-order chi connectivity index (χ0) is 9.80. The molecule has 1 unspecified atom stereocenters. The van der Waals surface area contributed by atoms with Crippen molar-refractivity contribution in [1.82, 2.24) is 4.90 Å². The molecule has 0 spiro atoms. The number of nitrogens with zero attached hydrogens (tertiary/aromatic N) is 1. The predicted octanol–water partition coefficient (Wildman–Crippen LogP) is 2.23. The van der Waals surface area contributed by atoms with Gasteiger partial charge in [0.15, 0.2) is 0 Å². The molecule has 0 N–H and O–H groups in total. The van der Waals surface area contributed by atoms with Gasteiger partial charge in [0.2, 0.25) is 0 Å². The molecule has 2 rings (SSSR count). The van der Waals surface area contributed by atoms with Gasteiger partial charge in [-0.25, -0.2) is 0 Å². The molecule has 2 fully saturated rings. The lowest BCUT2D eigenvalue weighted by atomic mass is 10.00. The Morgan fingerprint density at radius 1 is 1.07 bits per heavy atom. The van der Waals surface area contributed by atoms with E-state index in [1.54, 1.807) is 0 Å². The van der Waals surface area contributed by atoms with Crippen molar-refractivity contribution < 1.29 is 4.79 Å². The van der Waals surface area contributed by atoms with Crippen LogP contribution in [0.5, 0.6) is 0 Å². The topological polar surface area (TPSA) is 20.3 Å². The Morgan fingerprint density at radius 3 is 2.50 bits per heavy atom. The summed E-state index contributed by atoms with van der Waals surface area (Å²) >= 11 is 0. The van der Waals surface area contributed by atoms with E-state index >= 15 is 0 Å². The van der Waals surface area contributed by atoms with Crippen LogP contribution >= 0.6 is 0 Å². The maximum absolute atomic E-state index is 10.9. The van der Waals surface area contributed by atoms with E-state index in [2.05, 4.69) is 4.90 Å². The Hall–Kier alpha value is -0.370. The molecule has 1 aliphatic carbocycles. The van der Waals surface area contributed by atoms with Crippen molar-refractivity contribution in [2.45, 2.75) is 51.0 Å². The quantitative estimate of drug-likeness (QED) is 0.644. The molecule has 0 aromatic carbocycles. The zero-order valence-electron chi connectivity index (χ0n) is 8.95. The fourth-order valence-corrected chi connectivity index (χ4v) is 2.92. The highest BCUT2D eigenvalue weighted by Crippen LogP contribution is 2.27. The second-order valence-corrected chi connectivity index (χ2v) is 4.84. The van der Waals surface area contributed by atoms with Crippen LogP contribution in [0.1, 0.15) is 44.9 Å². The van der Waals surface area contributed by atoms with Gasteiger partial charge < -0.3 is 4.79 Å². The molecule has 1 heterocycles. The van der Waals surface area contributed by atoms with Crippen molar-refractivity contribution >= 4 is 6.29 Å². The summed E-state index contributed by atoms with van der Waals surface area (Å²) < 4.78 is 0. The maximum Gasteiger partial charge on any atom is 0.137 e. The first-order valence-electron chi connectivity index (χ1n) is 6.09. The summed E-state index contributed by atoms with van der Waals surface area (Å²) in [5, 5.41) is 0. The molecule has 2 aliphatic rings. The molecule has 2 nitrogen and oxygen atoms in total. The predicted molar refractivity (Wildman–Crippen MR) is 57.2 cm³/mol. The molecule has 2 heteroatoms. The van der Waals surface area contributed by atoms with Gasteiger partial charge in [0.25, 0.3) is 0 Å². The molecular formula is C12H21NO. The summed E-state index contributed by atoms with van der Waals surface area (Å²) in [6.45, 7) is 2.34. The summed E-state index contributed by atoms with van der Waals surface area (Å²) in [6.07, 6.45) is 10.4. The lowest BCUT2D eigenvalue weighted by Gasteiger charge is -2.34. The normalized spacial score (nSPS) is 30.7. The number of carbonyl (C=O) groups is 1. The van der Waals surface area contributed by atoms with E-state index in [9.17, 15) is 4.79 Å². The summed E-state index contributed by atoms with van der Waals surface area (Å²) in [5.74, 6) is 0.885. The van der Waals surface area contributed by atoms with Crippen molar-refractivity contribution in [3.05, 3.63) is 0 Å². The molecule has 0 amide bonds. The second kappa shape index (κ2) is 4.92. The molecule has 1 saturated heterocycles. The Bertz CT molecular complexity index is 187. The highest BCUT2D eigenvalue weighted by molar-refractivity contribution is 5.57. The van der Waals surface area contributed by atoms with E-state index in [-0.39, 0.29) is 6.04 Å². The summed E-state index contributed by atoms with van der Waals surface area (Å²) in [6, 6.07) is 0.240. The largest absolute Gasteiger partial charge is 0.302 e. The summed E-state index contributed by atoms with van der Waals surface area (Å²) in [4.78, 5) is 13.3. The van der Waals surface area contributed by atoms with Crippen LogP contribution in [0.3, 0.4) is 0 Å². The van der Waals surface area contributed by atoms with Crippen LogP contribution in [-0.2, 0) is 4.79 Å². The second-order valence-electron chi connectivity index (χ2n) is 4.84. The number of hydrogen-bond acceptors (Lipinski definition) is 2. The molecule has 0 radical (unpaired) electrons. The highest BCUT2D eigenvalue weighted by Gasteiger charge is 2.25. The average Bonchev–Trinajstić information content (AvgIpc) is 2.71. The van der Waals surface area contributed by atoms with E-state index in [1.165, 1.54) is 45.1 Å². The first kappa shape index (κ1) is 10.2. The number of rotatable bonds is 3. The van der Waals surface area contributed by atoms with Crippen molar-refractivity contribution in [1.29, 1.82) is 0 Å². The molecule has 1 aliphatic heterocycles. The van der Waals surface area contributed by atoms with Crippen LogP contribution in [0, 0.1) is 5.92 Å². The van der Waals surface area contributed by atoms with Crippen LogP contribution in [0.25, 0.3) is 0 Å². The van der Waals surface area contributed by atoms with Crippen LogP contribution in [0.4, 0.5) is 0 Å². The number of hydrogen-bond donors (Lipinski definition) is 0. The number of piperidine rings is 1. The average molecular weight is 195 g/mol. The SMILES string of the molecule is O=CC1CCCCN1CC1CCCC1. The zero-order valence-corrected chi connectivity index (χ0v) is 8.95. The van der Waals surface area contributed by atoms with Gasteiger partial charge in [-0.3, -0.25) is 4.90 Å². The van der Waals surface area contributed by atoms with Crippen LogP contribution in [-0.4, -0.2) is 30.3 Å². The molecule has 14 heavy (non-hydrogen) atoms. The fraction of sp³-hybridized carbons (Fsp3) is 0.917. The Morgan fingerprint density at radius 2 is 1.79 bits per heavy atom. The van der Waals surface area contributed by atoms with E-state index in [4.69, 9.17) is 0 Å². The van der Waals surface area contributed by atoms with Crippen LogP contribution in [0.2, 0.25) is 0 Å². The molecule has 1 atom stereocenters. The lowest BCUT2D eigenvalue weighted by molar-refractivity contribution is -0.113. The fourth-order valence-electron chi connectivity index (χ4n) is 2.92. The Labute approximate surface area is 86.7 Å². The summed E-state index contributed by atoms with van der Waals surface area (Å²) in [7, 11) is 0. The van der Waals surface area contributed by atoms with Gasteiger partial charge >= 0.3 is 0 Å². The molecule has 80 valence electrons. The monoisotopic (exact) mass is 195 g/mol. The van der Waals surface area contributed by atoms with E-state index in [0.29, 0.717) is 0 Å². The van der Waals surface area contributed by atoms with Gasteiger partial charge in [0.05, 0.1) is 6.04 Å². The molecule has 0 aromatic heterocycles. The third-order valence-electron chi connectivity index (χ3n) is 3.79. The lowest BCUT2D eigenvalue weighted by Crippen LogP contribution is -2.42. The minimum atomic E-state index is 0.240. The van der Waals surface area contributed by atoms with Crippen molar-refractivity contribution in [2.75, 3.05) is 13.1 Å². The minimum Gasteiger partial charge on any atom is -0.302 e. The summed E-state index contributed by atoms with van der Waals surface area (Å²) in [5.41, 5.74) is 0. The smallest absolute Gasteiger partial charge is 0.137 e. The van der Waals surface area contributed by atoms with E-state index < -0.39 is 0 Å². The third-order valence-corrected chi connectivity index (χ3v) is 3.79. The van der Waals surface area contributed by atoms with Crippen molar-refractivity contribution in [3.63, 3.8) is 0 Å². The standard InChI is InChI=1S/C12H21NO/c14-10-12-7-3-4-8-13(12)9-11-5-1-2-6-11/h10-12H,1-9H2. The van der Waals surface area contributed by atoms with Gasteiger partial charge in [-0.2, -0.15) is 0 Å². The van der Waals surface area contributed by atoms with Gasteiger partial charge in [-0.1, -0.05) is 19.3 Å². The number of carbonyl (C=O) groups excluding carboxylic acids is 1. The molecular weight excluding hydrogens is 174 g/mol. The minimum absolute atomic E-state index is 0.240. The maximum atomic E-state index is 10.9. The van der Waals surface area contributed by atoms with Crippen LogP contribution in [0.15, 0.2) is 0 Å². The van der Waals surface area contributed by atoms with Crippen LogP contribution < -0.4 is 0 Å². The molecule has 1 saturated carbocycles. The van der Waals surface area contributed by atoms with E-state index in [0.717, 1.165) is 25.2 Å². The Balaban J connectivity index is 1.83. The number of likely N-dealkylation sites (tertiary alicyclic amines) is 1. The van der Waals surface area contributed by atoms with Gasteiger partial charge in [-0.05, 0) is 38.1 Å². The third kappa shape index (κ3) is 2.35. The first-order valence-corrected chi connectivity index (χ1v) is 6.09. The van der Waals surface area contributed by atoms with E-state index in [1.807, 2.05) is 0 Å². The van der Waals surface area contributed by atoms with Crippen molar-refractivity contribution in [3.8, 4) is 0 Å². The van der Waals surface area contributed by atoms with Gasteiger partial charge in [0, 0.05) is 6.54 Å². The van der Waals surface area contributed by atoms with Crippen molar-refractivity contribution in [2.24, 2.45) is 5.92 Å². The Kier molecular flexibility index (Phi) is 3.57. The van der Waals surface area contributed by atoms with Gasteiger partial charge in [-0.15, -0.1) is 0 Å². The number of aldehydes is 1. The first-order chi connectivity index (χ1) is 6.90. The molecule has 0 aromatic rings. The van der Waals surface area contributed by atoms with Gasteiger partial charge in [0.1, 0.15) is 6.29 Å². The molecule has 0 bridgehead atoms.